The first-order chi connectivity index (χ1) is 7.39. The van der Waals surface area contributed by atoms with Crippen LogP contribution in [0.15, 0.2) is 23.1 Å². The minimum Gasteiger partial charge on any atom is -0.312 e. The highest BCUT2D eigenvalue weighted by atomic mass is 32.2. The number of carbonyl (C=O) groups excluding carboxylic acids is 1. The molecule has 5 nitrogen and oxygen atoms in total. The Kier molecular flexibility index (Phi) is 2.47. The summed E-state index contributed by atoms with van der Waals surface area (Å²) in [6.07, 6.45) is 0.609. The molecule has 0 aliphatic carbocycles. The molecule has 2 rings (SSSR count). The molecule has 1 N–H and O–H groups in total. The van der Waals surface area contributed by atoms with Crippen LogP contribution in [0.25, 0.3) is 0 Å². The van der Waals surface area contributed by atoms with Gasteiger partial charge in [-0.15, -0.1) is 0 Å². The third-order valence-electron chi connectivity index (χ3n) is 2.62. The quantitative estimate of drug-likeness (QED) is 0.739. The van der Waals surface area contributed by atoms with Crippen molar-refractivity contribution in [1.29, 1.82) is 0 Å². The molecule has 0 fully saturated rings. The largest absolute Gasteiger partial charge is 0.312 e. The Bertz CT molecular complexity index is 550. The smallest absolute Gasteiger partial charge is 0.294 e. The van der Waals surface area contributed by atoms with Gasteiger partial charge in [-0.25, -0.2) is 0 Å². The van der Waals surface area contributed by atoms with Crippen molar-refractivity contribution < 1.29 is 17.8 Å². The molecule has 0 saturated carbocycles. The van der Waals surface area contributed by atoms with Crippen molar-refractivity contribution in [2.75, 3.05) is 11.4 Å². The molecule has 0 unspecified atom stereocenters. The zero-order valence-electron chi connectivity index (χ0n) is 8.67. The lowest BCUT2D eigenvalue weighted by atomic mass is 10.2. The number of benzene rings is 1. The number of rotatable bonds is 1. The minimum absolute atomic E-state index is 0.0710. The van der Waals surface area contributed by atoms with Gasteiger partial charge in [-0.2, -0.15) is 8.42 Å². The molecule has 1 amide bonds. The van der Waals surface area contributed by atoms with Crippen LogP contribution in [-0.4, -0.2) is 25.4 Å². The van der Waals surface area contributed by atoms with Crippen LogP contribution in [0.2, 0.25) is 0 Å². The van der Waals surface area contributed by atoms with E-state index in [1.807, 2.05) is 0 Å². The van der Waals surface area contributed by atoms with E-state index in [0.717, 1.165) is 11.3 Å². The highest BCUT2D eigenvalue weighted by molar-refractivity contribution is 7.85. The van der Waals surface area contributed by atoms with Gasteiger partial charge in [0.05, 0.1) is 4.90 Å². The Morgan fingerprint density at radius 1 is 1.44 bits per heavy atom. The first-order valence-electron chi connectivity index (χ1n) is 4.78. The fourth-order valence-corrected chi connectivity index (χ4v) is 2.40. The zero-order chi connectivity index (χ0) is 11.9. The Morgan fingerprint density at radius 2 is 2.12 bits per heavy atom. The molecule has 0 radical (unpaired) electrons. The Balaban J connectivity index is 2.48. The average Bonchev–Trinajstić information content (AvgIpc) is 2.58. The van der Waals surface area contributed by atoms with E-state index < -0.39 is 10.1 Å². The van der Waals surface area contributed by atoms with Crippen LogP contribution >= 0.6 is 0 Å². The summed E-state index contributed by atoms with van der Waals surface area (Å²) in [5.74, 6) is -0.0710. The lowest BCUT2D eigenvalue weighted by molar-refractivity contribution is -0.116. The Labute approximate surface area is 93.4 Å². The molecule has 6 heteroatoms. The van der Waals surface area contributed by atoms with Crippen molar-refractivity contribution in [1.82, 2.24) is 0 Å². The van der Waals surface area contributed by atoms with E-state index in [-0.39, 0.29) is 10.8 Å². The molecule has 0 aromatic heterocycles. The van der Waals surface area contributed by atoms with Crippen LogP contribution in [0.4, 0.5) is 5.69 Å². The van der Waals surface area contributed by atoms with Crippen LogP contribution in [0.3, 0.4) is 0 Å². The normalized spacial score (nSPS) is 15.0. The van der Waals surface area contributed by atoms with E-state index in [1.54, 1.807) is 11.0 Å². The summed E-state index contributed by atoms with van der Waals surface area (Å²) in [4.78, 5) is 12.7. The van der Waals surface area contributed by atoms with E-state index in [4.69, 9.17) is 4.55 Å². The van der Waals surface area contributed by atoms with E-state index in [0.29, 0.717) is 13.0 Å². The highest BCUT2D eigenvalue weighted by Gasteiger charge is 2.23. The van der Waals surface area contributed by atoms with Crippen LogP contribution in [0, 0.1) is 0 Å². The summed E-state index contributed by atoms with van der Waals surface area (Å²) >= 11 is 0. The summed E-state index contributed by atoms with van der Waals surface area (Å²) in [7, 11) is -4.17. The van der Waals surface area contributed by atoms with Gasteiger partial charge in [0.2, 0.25) is 5.91 Å². The zero-order valence-corrected chi connectivity index (χ0v) is 9.49. The molecule has 0 spiro atoms. The van der Waals surface area contributed by atoms with E-state index >= 15 is 0 Å². The maximum absolute atomic E-state index is 11.2. The van der Waals surface area contributed by atoms with Crippen LogP contribution < -0.4 is 4.90 Å². The van der Waals surface area contributed by atoms with Gasteiger partial charge in [0.1, 0.15) is 0 Å². The number of nitrogens with zero attached hydrogens (tertiary/aromatic N) is 1. The standard InChI is InChI=1S/C10H11NO4S/c1-7(12)11-5-4-8-6-9(16(13,14)15)2-3-10(8)11/h2-3,6H,4-5H2,1H3,(H,13,14,15). The van der Waals surface area contributed by atoms with Crippen molar-refractivity contribution in [3.63, 3.8) is 0 Å². The SMILES string of the molecule is CC(=O)N1CCc2cc(S(=O)(=O)O)ccc21. The maximum Gasteiger partial charge on any atom is 0.294 e. The number of hydrogen-bond acceptors (Lipinski definition) is 3. The summed E-state index contributed by atoms with van der Waals surface area (Å²) in [5.41, 5.74) is 1.49. The lowest BCUT2D eigenvalue weighted by Crippen LogP contribution is -2.25. The fraction of sp³-hybridized carbons (Fsp3) is 0.300. The summed E-state index contributed by atoms with van der Waals surface area (Å²) < 4.78 is 30.7. The molecule has 1 aliphatic rings. The maximum atomic E-state index is 11.2. The van der Waals surface area contributed by atoms with Gasteiger partial charge in [0.25, 0.3) is 10.1 Å². The van der Waals surface area contributed by atoms with E-state index in [1.165, 1.54) is 19.1 Å². The van der Waals surface area contributed by atoms with E-state index in [9.17, 15) is 13.2 Å². The summed E-state index contributed by atoms with van der Waals surface area (Å²) in [5, 5.41) is 0. The van der Waals surface area contributed by atoms with E-state index in [2.05, 4.69) is 0 Å². The minimum atomic E-state index is -4.17. The van der Waals surface area contributed by atoms with Gasteiger partial charge >= 0.3 is 0 Å². The topological polar surface area (TPSA) is 74.7 Å². The molecular formula is C10H11NO4S. The van der Waals surface area contributed by atoms with Crippen molar-refractivity contribution in [3.05, 3.63) is 23.8 Å². The number of anilines is 1. The second kappa shape index (κ2) is 3.57. The van der Waals surface area contributed by atoms with Crippen molar-refractivity contribution in [3.8, 4) is 0 Å². The van der Waals surface area contributed by atoms with Crippen LogP contribution in [-0.2, 0) is 21.3 Å². The van der Waals surface area contributed by atoms with Gasteiger partial charge in [-0.1, -0.05) is 0 Å². The predicted octanol–water partition coefficient (Wildman–Crippen LogP) is 0.842. The number of amides is 1. The van der Waals surface area contributed by atoms with Gasteiger partial charge in [0.15, 0.2) is 0 Å². The van der Waals surface area contributed by atoms with Gasteiger partial charge in [0, 0.05) is 19.2 Å². The molecule has 0 saturated heterocycles. The number of fused-ring (bicyclic) bond motifs is 1. The molecule has 16 heavy (non-hydrogen) atoms. The molecule has 0 bridgehead atoms. The monoisotopic (exact) mass is 241 g/mol. The molecule has 1 aromatic rings. The molecule has 0 atom stereocenters. The van der Waals surface area contributed by atoms with Crippen molar-refractivity contribution >= 4 is 21.7 Å². The van der Waals surface area contributed by atoms with Gasteiger partial charge in [-0.05, 0) is 30.2 Å². The second-order valence-corrected chi connectivity index (χ2v) is 5.11. The lowest BCUT2D eigenvalue weighted by Gasteiger charge is -2.14. The van der Waals surface area contributed by atoms with Crippen molar-refractivity contribution in [2.45, 2.75) is 18.2 Å². The number of carbonyl (C=O) groups is 1. The Morgan fingerprint density at radius 3 is 2.69 bits per heavy atom. The van der Waals surface area contributed by atoms with Gasteiger partial charge in [-0.3, -0.25) is 9.35 Å². The van der Waals surface area contributed by atoms with Gasteiger partial charge < -0.3 is 4.90 Å². The summed E-state index contributed by atoms with van der Waals surface area (Å²) in [6, 6.07) is 4.26. The van der Waals surface area contributed by atoms with Crippen LogP contribution in [0.1, 0.15) is 12.5 Å². The molecule has 1 aromatic carbocycles. The fourth-order valence-electron chi connectivity index (χ4n) is 1.87. The molecular weight excluding hydrogens is 230 g/mol. The highest BCUT2D eigenvalue weighted by Crippen LogP contribution is 2.29. The predicted molar refractivity (Wildman–Crippen MR) is 58.0 cm³/mol. The van der Waals surface area contributed by atoms with Crippen LogP contribution in [0.5, 0.6) is 0 Å². The second-order valence-electron chi connectivity index (χ2n) is 3.69. The third-order valence-corrected chi connectivity index (χ3v) is 3.47. The molecule has 1 aliphatic heterocycles. The number of hydrogen-bond donors (Lipinski definition) is 1. The summed E-state index contributed by atoms with van der Waals surface area (Å²) in [6.45, 7) is 2.02. The average molecular weight is 241 g/mol. The first-order valence-corrected chi connectivity index (χ1v) is 6.22. The third kappa shape index (κ3) is 1.81. The molecule has 86 valence electrons. The first kappa shape index (κ1) is 11.1. The Hall–Kier alpha value is -1.40. The molecule has 1 heterocycles. The van der Waals surface area contributed by atoms with Crippen molar-refractivity contribution in [2.24, 2.45) is 0 Å².